The number of ether oxygens (including phenoxy) is 13. The van der Waals surface area contributed by atoms with Crippen molar-refractivity contribution in [1.82, 2.24) is 10.6 Å². The second kappa shape index (κ2) is 62.7. The predicted octanol–water partition coefficient (Wildman–Crippen LogP) is 6.09. The van der Waals surface area contributed by atoms with Gasteiger partial charge in [-0.15, -0.1) is 0 Å². The molecule has 0 bridgehead atoms. The molecule has 26 heteroatoms. The van der Waals surface area contributed by atoms with Crippen LogP contribution in [-0.4, -0.2) is 244 Å². The number of amides is 2. The molecule has 2 aromatic rings. The van der Waals surface area contributed by atoms with Crippen LogP contribution in [0.25, 0.3) is 11.1 Å². The van der Waals surface area contributed by atoms with E-state index in [-0.39, 0.29) is 98.9 Å². The molecule has 2 amide bonds. The highest BCUT2D eigenvalue weighted by atomic mass is 16.6. The molecule has 0 heterocycles. The standard InChI is InChI=1S/C40H60N2O10.C32H61N3O11/c1-2-46-22-23-49-21-18-42-40(45)32(10-7-8-17-41)30-33(43)16-20-48-25-27-51-29-28-50-26-24-47-19-9-15-39(44)52-31-38-36-13-5-3-11-34(36)35-12-4-6-14-37(35)38;1-2-41-18-19-44-17-12-31(38)35-29(9-4-6-14-34)30(37)10-7-15-42-20-22-45-24-25-46-23-21-43-16-11-28(36)26-27(32(39)40)8-3-5-13-33/h3-6,11-14,32,38H,2,7-10,15-31,41H2,1H3,(H,42,45);27,29H,2-26,33-34H2,1H3,(H,35,38)(H,39,40). The van der Waals surface area contributed by atoms with Gasteiger partial charge in [0.15, 0.2) is 5.78 Å². The molecule has 0 radical (unpaired) electrons. The molecule has 0 fully saturated rings. The predicted molar refractivity (Wildman–Crippen MR) is 371 cm³/mol. The van der Waals surface area contributed by atoms with E-state index in [0.29, 0.717) is 223 Å². The molecule has 0 aromatic heterocycles. The van der Waals surface area contributed by atoms with E-state index in [1.807, 2.05) is 38.1 Å². The van der Waals surface area contributed by atoms with Crippen LogP contribution in [0.2, 0.25) is 0 Å². The highest BCUT2D eigenvalue weighted by molar-refractivity contribution is 5.89. The molecule has 3 unspecified atom stereocenters. The number of unbranched alkanes of at least 4 members (excludes halogenated alkanes) is 3. The molecule has 98 heavy (non-hydrogen) atoms. The van der Waals surface area contributed by atoms with E-state index in [2.05, 4.69) is 34.9 Å². The van der Waals surface area contributed by atoms with Crippen molar-refractivity contribution in [2.75, 3.05) is 191 Å². The van der Waals surface area contributed by atoms with Gasteiger partial charge in [0.05, 0.1) is 144 Å². The van der Waals surface area contributed by atoms with Crippen LogP contribution in [0.3, 0.4) is 0 Å². The van der Waals surface area contributed by atoms with Gasteiger partial charge in [-0.3, -0.25) is 33.6 Å². The topological polar surface area (TPSA) is 362 Å². The molecule has 560 valence electrons. The normalized spacial score (nSPS) is 12.7. The molecular weight excluding hydrogens is 1270 g/mol. The molecule has 26 nitrogen and oxygen atoms in total. The second-order valence-corrected chi connectivity index (χ2v) is 23.3. The van der Waals surface area contributed by atoms with Gasteiger partial charge in [0.25, 0.3) is 0 Å². The number of carboxylic acids is 1. The number of ketones is 3. The fraction of sp³-hybridized carbons (Fsp3) is 0.736. The summed E-state index contributed by atoms with van der Waals surface area (Å²) in [7, 11) is 0. The Morgan fingerprint density at radius 2 is 0.816 bits per heavy atom. The Bertz CT molecular complexity index is 2330. The highest BCUT2D eigenvalue weighted by Crippen LogP contribution is 2.44. The minimum Gasteiger partial charge on any atom is -0.481 e. The summed E-state index contributed by atoms with van der Waals surface area (Å²) in [5, 5.41) is 15.0. The quantitative estimate of drug-likeness (QED) is 0.0322. The zero-order chi connectivity index (χ0) is 71.2. The van der Waals surface area contributed by atoms with Gasteiger partial charge in [-0.1, -0.05) is 61.4 Å². The van der Waals surface area contributed by atoms with Crippen molar-refractivity contribution in [3.05, 3.63) is 59.7 Å². The number of carbonyl (C=O) groups is 7. The number of hydrogen-bond donors (Lipinski definition) is 6. The van der Waals surface area contributed by atoms with E-state index in [9.17, 15) is 38.7 Å². The first-order valence-electron chi connectivity index (χ1n) is 35.6. The number of benzene rings is 2. The number of nitrogens with one attached hydrogen (secondary N) is 2. The summed E-state index contributed by atoms with van der Waals surface area (Å²) in [5.74, 6) is -2.65. The minimum absolute atomic E-state index is 0.00497. The van der Waals surface area contributed by atoms with Crippen LogP contribution in [0, 0.1) is 11.8 Å². The fourth-order valence-corrected chi connectivity index (χ4v) is 10.2. The summed E-state index contributed by atoms with van der Waals surface area (Å²) >= 11 is 0. The lowest BCUT2D eigenvalue weighted by Crippen LogP contribution is -2.41. The maximum Gasteiger partial charge on any atom is 0.306 e. The Labute approximate surface area is 582 Å². The van der Waals surface area contributed by atoms with E-state index < -0.39 is 17.9 Å². The molecule has 0 saturated heterocycles. The number of carboxylic acid groups (broad SMARTS) is 1. The smallest absolute Gasteiger partial charge is 0.306 e. The Hall–Kier alpha value is -5.27. The number of carbonyl (C=O) groups excluding carboxylic acids is 6. The third-order valence-corrected chi connectivity index (χ3v) is 15.6. The first kappa shape index (κ1) is 88.8. The maximum absolute atomic E-state index is 12.7. The Morgan fingerprint density at radius 1 is 0.429 bits per heavy atom. The SMILES string of the molecule is CCOCCOCCC(=O)NC(CCCCN)C(=O)CCCOCCOCCOCCOCCC(=O)CC(CCCCN)C(=O)O.CCOCCOCCNC(=O)C(CCCCN)CC(=O)CCOCCOCCOCCOCCCC(=O)OCC1c2ccccc2-c2ccccc21. The van der Waals surface area contributed by atoms with Crippen molar-refractivity contribution < 1.29 is 100 Å². The molecule has 0 saturated carbocycles. The lowest BCUT2D eigenvalue weighted by atomic mass is 9.94. The lowest BCUT2D eigenvalue weighted by Gasteiger charge is -2.18. The van der Waals surface area contributed by atoms with E-state index in [0.717, 1.165) is 32.1 Å². The van der Waals surface area contributed by atoms with Gasteiger partial charge in [0.1, 0.15) is 18.2 Å². The number of esters is 1. The van der Waals surface area contributed by atoms with Gasteiger partial charge in [-0.2, -0.15) is 0 Å². The van der Waals surface area contributed by atoms with Gasteiger partial charge in [0, 0.05) is 89.8 Å². The van der Waals surface area contributed by atoms with Crippen LogP contribution in [-0.2, 0) is 95.1 Å². The first-order chi connectivity index (χ1) is 47.9. The average Bonchev–Trinajstić information content (AvgIpc) is 1.62. The van der Waals surface area contributed by atoms with Gasteiger partial charge >= 0.3 is 11.9 Å². The average molecular weight is 1390 g/mol. The molecule has 3 atom stereocenters. The van der Waals surface area contributed by atoms with E-state index in [4.69, 9.17) is 78.8 Å². The van der Waals surface area contributed by atoms with Gasteiger partial charge in [0.2, 0.25) is 11.8 Å². The molecule has 1 aliphatic rings. The van der Waals surface area contributed by atoms with Crippen LogP contribution < -0.4 is 27.8 Å². The number of Topliss-reactive ketones (excluding diaryl/α,β-unsaturated/α-hetero) is 3. The monoisotopic (exact) mass is 1390 g/mol. The molecule has 0 aliphatic heterocycles. The molecular formula is C72H121N5O21. The van der Waals surface area contributed by atoms with Crippen LogP contribution in [0.5, 0.6) is 0 Å². The zero-order valence-corrected chi connectivity index (χ0v) is 59.0. The maximum atomic E-state index is 12.7. The van der Waals surface area contributed by atoms with Gasteiger partial charge in [-0.05, 0) is 114 Å². The molecule has 9 N–H and O–H groups in total. The third kappa shape index (κ3) is 46.2. The molecule has 3 rings (SSSR count). The van der Waals surface area contributed by atoms with Crippen molar-refractivity contribution >= 4 is 41.1 Å². The lowest BCUT2D eigenvalue weighted by molar-refractivity contribution is -0.144. The van der Waals surface area contributed by atoms with Gasteiger partial charge < -0.3 is 94.5 Å². The summed E-state index contributed by atoms with van der Waals surface area (Å²) in [5.41, 5.74) is 21.4. The van der Waals surface area contributed by atoms with Crippen molar-refractivity contribution in [3.63, 3.8) is 0 Å². The number of hydrogen-bond acceptors (Lipinski definition) is 23. The summed E-state index contributed by atoms with van der Waals surface area (Å²) in [6, 6.07) is 16.0. The Morgan fingerprint density at radius 3 is 1.28 bits per heavy atom. The van der Waals surface area contributed by atoms with Crippen molar-refractivity contribution in [1.29, 1.82) is 0 Å². The van der Waals surface area contributed by atoms with Crippen molar-refractivity contribution in [2.45, 2.75) is 141 Å². The molecule has 1 aliphatic carbocycles. The Balaban J connectivity index is 0.000000673. The van der Waals surface area contributed by atoms with Crippen LogP contribution in [0.4, 0.5) is 0 Å². The molecule has 2 aromatic carbocycles. The zero-order valence-electron chi connectivity index (χ0n) is 59.0. The van der Waals surface area contributed by atoms with E-state index in [1.54, 1.807) is 0 Å². The van der Waals surface area contributed by atoms with Crippen LogP contribution >= 0.6 is 0 Å². The molecule has 0 spiro atoms. The van der Waals surface area contributed by atoms with E-state index >= 15 is 0 Å². The summed E-state index contributed by atoms with van der Waals surface area (Å²) in [4.78, 5) is 86.0. The van der Waals surface area contributed by atoms with Crippen molar-refractivity contribution in [3.8, 4) is 11.1 Å². The summed E-state index contributed by atoms with van der Waals surface area (Å²) < 4.78 is 71.0. The van der Waals surface area contributed by atoms with Crippen LogP contribution in [0.1, 0.15) is 146 Å². The third-order valence-electron chi connectivity index (χ3n) is 15.6. The summed E-state index contributed by atoms with van der Waals surface area (Å²) in [6.07, 6.45) is 8.78. The number of rotatable bonds is 68. The largest absolute Gasteiger partial charge is 0.481 e. The van der Waals surface area contributed by atoms with Gasteiger partial charge in [-0.25, -0.2) is 0 Å². The second-order valence-electron chi connectivity index (χ2n) is 23.3. The van der Waals surface area contributed by atoms with E-state index in [1.165, 1.54) is 22.3 Å². The number of nitrogens with two attached hydrogens (primary N) is 3. The number of aliphatic carboxylic acids is 1. The highest BCUT2D eigenvalue weighted by Gasteiger charge is 2.29. The number of fused-ring (bicyclic) bond motifs is 3. The minimum atomic E-state index is -0.950. The first-order valence-corrected chi connectivity index (χ1v) is 35.6. The van der Waals surface area contributed by atoms with Crippen molar-refractivity contribution in [2.24, 2.45) is 29.0 Å². The fourth-order valence-electron chi connectivity index (χ4n) is 10.2. The van der Waals surface area contributed by atoms with Crippen LogP contribution in [0.15, 0.2) is 48.5 Å². The Kier molecular flexibility index (Phi) is 56.8. The summed E-state index contributed by atoms with van der Waals surface area (Å²) in [6.45, 7) is 16.1.